The lowest BCUT2D eigenvalue weighted by Crippen LogP contribution is -2.14. The number of hydrogen-bond acceptors (Lipinski definition) is 3. The number of benzene rings is 2. The molecule has 3 rings (SSSR count). The van der Waals surface area contributed by atoms with Crippen molar-refractivity contribution in [2.75, 3.05) is 10.6 Å². The van der Waals surface area contributed by atoms with Crippen LogP contribution in [-0.4, -0.2) is 10.9 Å². The van der Waals surface area contributed by atoms with Crippen LogP contribution in [0.1, 0.15) is 21.6 Å². The summed E-state index contributed by atoms with van der Waals surface area (Å²) in [7, 11) is 0. The molecule has 0 fully saturated rings. The van der Waals surface area contributed by atoms with Crippen molar-refractivity contribution in [3.63, 3.8) is 0 Å². The van der Waals surface area contributed by atoms with E-state index in [2.05, 4.69) is 34.7 Å². The van der Waals surface area contributed by atoms with Crippen molar-refractivity contribution in [2.24, 2.45) is 0 Å². The Kier molecular flexibility index (Phi) is 4.87. The lowest BCUT2D eigenvalue weighted by Gasteiger charge is -2.10. The zero-order valence-electron chi connectivity index (χ0n) is 13.5. The number of carbonyl (C=O) groups is 1. The predicted octanol–water partition coefficient (Wildman–Crippen LogP) is 4.25. The lowest BCUT2D eigenvalue weighted by molar-refractivity contribution is 0.102. The van der Waals surface area contributed by atoms with Crippen molar-refractivity contribution in [3.8, 4) is 0 Å². The molecule has 0 atom stereocenters. The molecule has 1 aromatic heterocycles. The number of aromatic nitrogens is 1. The number of pyridine rings is 1. The number of carbonyl (C=O) groups excluding carboxylic acids is 1. The first kappa shape index (κ1) is 15.7. The third-order valence-corrected chi connectivity index (χ3v) is 3.77. The fraction of sp³-hybridized carbons (Fsp3) is 0.100. The number of anilines is 2. The average molecular weight is 317 g/mol. The maximum Gasteiger partial charge on any atom is 0.274 e. The van der Waals surface area contributed by atoms with E-state index in [0.717, 1.165) is 11.4 Å². The monoisotopic (exact) mass is 317 g/mol. The number of hydrogen-bond donors (Lipinski definition) is 2. The summed E-state index contributed by atoms with van der Waals surface area (Å²) >= 11 is 0. The third kappa shape index (κ3) is 3.98. The second-order valence-electron chi connectivity index (χ2n) is 5.53. The fourth-order valence-electron chi connectivity index (χ4n) is 2.39. The molecule has 1 amide bonds. The van der Waals surface area contributed by atoms with Gasteiger partial charge in [-0.05, 0) is 42.3 Å². The van der Waals surface area contributed by atoms with E-state index in [1.165, 1.54) is 11.1 Å². The van der Waals surface area contributed by atoms with E-state index < -0.39 is 0 Å². The summed E-state index contributed by atoms with van der Waals surface area (Å²) in [5.74, 6) is -0.222. The molecule has 0 saturated carbocycles. The lowest BCUT2D eigenvalue weighted by atomic mass is 10.1. The number of nitrogens with zero attached hydrogens (tertiary/aromatic N) is 1. The smallest absolute Gasteiger partial charge is 0.274 e. The van der Waals surface area contributed by atoms with Crippen LogP contribution in [0.4, 0.5) is 11.4 Å². The van der Waals surface area contributed by atoms with Crippen LogP contribution >= 0.6 is 0 Å². The van der Waals surface area contributed by atoms with Gasteiger partial charge in [-0.1, -0.05) is 42.5 Å². The number of nitrogens with one attached hydrogen (secondary N) is 2. The summed E-state index contributed by atoms with van der Waals surface area (Å²) in [6.07, 6.45) is 1.64. The highest BCUT2D eigenvalue weighted by molar-refractivity contribution is 6.03. The van der Waals surface area contributed by atoms with E-state index >= 15 is 0 Å². The largest absolute Gasteiger partial charge is 0.381 e. The summed E-state index contributed by atoms with van der Waals surface area (Å²) in [5.41, 5.74) is 4.47. The summed E-state index contributed by atoms with van der Waals surface area (Å²) in [5, 5.41) is 6.18. The molecule has 0 bridgehead atoms. The van der Waals surface area contributed by atoms with Crippen LogP contribution in [0.3, 0.4) is 0 Å². The first-order chi connectivity index (χ1) is 11.7. The molecule has 2 aromatic carbocycles. The van der Waals surface area contributed by atoms with Gasteiger partial charge in [0, 0.05) is 24.1 Å². The Morgan fingerprint density at radius 3 is 2.50 bits per heavy atom. The Bertz CT molecular complexity index is 831. The Morgan fingerprint density at radius 1 is 0.958 bits per heavy atom. The first-order valence-electron chi connectivity index (χ1n) is 7.83. The first-order valence-corrected chi connectivity index (χ1v) is 7.83. The Labute approximate surface area is 141 Å². The van der Waals surface area contributed by atoms with E-state index in [-0.39, 0.29) is 5.91 Å². The average Bonchev–Trinajstić information content (AvgIpc) is 2.62. The van der Waals surface area contributed by atoms with Gasteiger partial charge in [0.05, 0.1) is 0 Å². The Morgan fingerprint density at radius 2 is 1.71 bits per heavy atom. The molecule has 24 heavy (non-hydrogen) atoms. The quantitative estimate of drug-likeness (QED) is 0.739. The van der Waals surface area contributed by atoms with E-state index in [0.29, 0.717) is 12.2 Å². The maximum atomic E-state index is 12.3. The van der Waals surface area contributed by atoms with Crippen LogP contribution in [0.15, 0.2) is 72.9 Å². The van der Waals surface area contributed by atoms with Crippen molar-refractivity contribution < 1.29 is 4.79 Å². The highest BCUT2D eigenvalue weighted by Crippen LogP contribution is 2.14. The van der Waals surface area contributed by atoms with Crippen LogP contribution in [0.25, 0.3) is 0 Å². The van der Waals surface area contributed by atoms with Crippen LogP contribution in [0, 0.1) is 6.92 Å². The molecule has 0 saturated heterocycles. The molecule has 0 spiro atoms. The van der Waals surface area contributed by atoms with Crippen molar-refractivity contribution in [1.82, 2.24) is 4.98 Å². The number of aryl methyl sites for hydroxylation is 1. The van der Waals surface area contributed by atoms with Gasteiger partial charge in [-0.3, -0.25) is 9.78 Å². The highest BCUT2D eigenvalue weighted by Gasteiger charge is 2.08. The van der Waals surface area contributed by atoms with Crippen LogP contribution in [-0.2, 0) is 6.54 Å². The molecule has 0 aliphatic heterocycles. The molecule has 0 radical (unpaired) electrons. The zero-order chi connectivity index (χ0) is 16.8. The van der Waals surface area contributed by atoms with Gasteiger partial charge in [0.1, 0.15) is 5.69 Å². The van der Waals surface area contributed by atoms with E-state index in [1.54, 1.807) is 12.3 Å². The minimum Gasteiger partial charge on any atom is -0.381 e. The molecule has 2 N–H and O–H groups in total. The Hall–Kier alpha value is -3.14. The van der Waals surface area contributed by atoms with Crippen LogP contribution < -0.4 is 10.6 Å². The summed E-state index contributed by atoms with van der Waals surface area (Å²) in [4.78, 5) is 16.4. The van der Waals surface area contributed by atoms with Crippen LogP contribution in [0.2, 0.25) is 0 Å². The summed E-state index contributed by atoms with van der Waals surface area (Å²) in [6, 6.07) is 21.2. The molecule has 0 aliphatic carbocycles. The van der Waals surface area contributed by atoms with Gasteiger partial charge in [0.15, 0.2) is 0 Å². The topological polar surface area (TPSA) is 54.0 Å². The molecular formula is C20H19N3O. The maximum absolute atomic E-state index is 12.3. The minimum absolute atomic E-state index is 0.222. The molecule has 0 unspecified atom stereocenters. The van der Waals surface area contributed by atoms with E-state index in [4.69, 9.17) is 0 Å². The minimum atomic E-state index is -0.222. The molecule has 4 nitrogen and oxygen atoms in total. The van der Waals surface area contributed by atoms with E-state index in [1.807, 2.05) is 48.5 Å². The van der Waals surface area contributed by atoms with Gasteiger partial charge in [-0.2, -0.15) is 0 Å². The number of para-hydroxylation sites is 1. The van der Waals surface area contributed by atoms with Gasteiger partial charge in [-0.25, -0.2) is 0 Å². The normalized spacial score (nSPS) is 10.2. The van der Waals surface area contributed by atoms with Crippen LogP contribution in [0.5, 0.6) is 0 Å². The van der Waals surface area contributed by atoms with Crippen molar-refractivity contribution >= 4 is 17.3 Å². The van der Waals surface area contributed by atoms with Gasteiger partial charge >= 0.3 is 0 Å². The third-order valence-electron chi connectivity index (χ3n) is 3.77. The second kappa shape index (κ2) is 7.42. The van der Waals surface area contributed by atoms with Gasteiger partial charge < -0.3 is 10.6 Å². The SMILES string of the molecule is Cc1ccccc1CNc1ccnc(C(=O)Nc2ccccc2)c1. The molecular weight excluding hydrogens is 298 g/mol. The highest BCUT2D eigenvalue weighted by atomic mass is 16.1. The van der Waals surface area contributed by atoms with Gasteiger partial charge in [0.25, 0.3) is 5.91 Å². The standard InChI is InChI=1S/C20H19N3O/c1-15-7-5-6-8-16(15)14-22-18-11-12-21-19(13-18)20(24)23-17-9-3-2-4-10-17/h2-13H,14H2,1H3,(H,21,22)(H,23,24). The summed E-state index contributed by atoms with van der Waals surface area (Å²) in [6.45, 7) is 2.79. The predicted molar refractivity (Wildman–Crippen MR) is 97.1 cm³/mol. The van der Waals surface area contributed by atoms with Gasteiger partial charge in [0.2, 0.25) is 0 Å². The molecule has 4 heteroatoms. The summed E-state index contributed by atoms with van der Waals surface area (Å²) < 4.78 is 0. The molecule has 3 aromatic rings. The van der Waals surface area contributed by atoms with Gasteiger partial charge in [-0.15, -0.1) is 0 Å². The number of amides is 1. The number of rotatable bonds is 5. The Balaban J connectivity index is 1.68. The van der Waals surface area contributed by atoms with E-state index in [9.17, 15) is 4.79 Å². The fourth-order valence-corrected chi connectivity index (χ4v) is 2.39. The second-order valence-corrected chi connectivity index (χ2v) is 5.53. The van der Waals surface area contributed by atoms with Crippen molar-refractivity contribution in [3.05, 3.63) is 89.7 Å². The zero-order valence-corrected chi connectivity index (χ0v) is 13.5. The molecule has 1 heterocycles. The van der Waals surface area contributed by atoms with Crippen molar-refractivity contribution in [2.45, 2.75) is 13.5 Å². The molecule has 0 aliphatic rings. The van der Waals surface area contributed by atoms with Crippen molar-refractivity contribution in [1.29, 1.82) is 0 Å². The molecule has 120 valence electrons.